The number of hydrogen-bond acceptors (Lipinski definition) is 3. The molecule has 0 fully saturated rings. The lowest BCUT2D eigenvalue weighted by molar-refractivity contribution is 0.102. The third kappa shape index (κ3) is 2.74. The van der Waals surface area contributed by atoms with Crippen molar-refractivity contribution in [3.8, 4) is 0 Å². The zero-order valence-corrected chi connectivity index (χ0v) is 10.5. The first-order valence-electron chi connectivity index (χ1n) is 4.43. The number of rotatable bonds is 2. The van der Waals surface area contributed by atoms with Crippen molar-refractivity contribution in [2.75, 3.05) is 5.32 Å². The van der Waals surface area contributed by atoms with Gasteiger partial charge in [0.2, 0.25) is 0 Å². The molecule has 0 aliphatic heterocycles. The van der Waals surface area contributed by atoms with Gasteiger partial charge in [-0.2, -0.15) is 0 Å². The maximum atomic E-state index is 13.2. The van der Waals surface area contributed by atoms with Gasteiger partial charge in [0.05, 0.1) is 15.6 Å². The largest absolute Gasteiger partial charge is 0.298 e. The second-order valence-electron chi connectivity index (χ2n) is 3.04. The topological polar surface area (TPSA) is 42.0 Å². The highest BCUT2D eigenvalue weighted by Gasteiger charge is 2.15. The fourth-order valence-corrected chi connectivity index (χ4v) is 2.14. The molecule has 88 valence electrons. The van der Waals surface area contributed by atoms with E-state index < -0.39 is 11.7 Å². The van der Waals surface area contributed by atoms with Crippen LogP contribution in [0.1, 0.15) is 10.4 Å². The number of hydrogen-bond donors (Lipinski definition) is 1. The van der Waals surface area contributed by atoms with Gasteiger partial charge in [0.15, 0.2) is 5.13 Å². The van der Waals surface area contributed by atoms with Crippen molar-refractivity contribution in [2.45, 2.75) is 0 Å². The Morgan fingerprint density at radius 2 is 2.12 bits per heavy atom. The number of nitrogens with zero attached hydrogens (tertiary/aromatic N) is 1. The number of aromatic nitrogens is 1. The summed E-state index contributed by atoms with van der Waals surface area (Å²) in [5.74, 6) is -1.22. The lowest BCUT2D eigenvalue weighted by Crippen LogP contribution is -2.12. The van der Waals surface area contributed by atoms with Crippen LogP contribution in [0.15, 0.2) is 23.7 Å². The van der Waals surface area contributed by atoms with Crippen molar-refractivity contribution in [3.63, 3.8) is 0 Å². The Balaban J connectivity index is 2.28. The Hall–Kier alpha value is -1.17. The van der Waals surface area contributed by atoms with Crippen LogP contribution in [-0.4, -0.2) is 10.9 Å². The molecule has 1 aromatic heterocycles. The van der Waals surface area contributed by atoms with Gasteiger partial charge < -0.3 is 0 Å². The molecule has 0 radical (unpaired) electrons. The van der Waals surface area contributed by atoms with Crippen molar-refractivity contribution in [1.29, 1.82) is 0 Å². The molecule has 0 saturated heterocycles. The lowest BCUT2D eigenvalue weighted by atomic mass is 10.2. The van der Waals surface area contributed by atoms with E-state index in [1.807, 2.05) is 0 Å². The molecular formula is C10H5Cl2FN2OS. The first-order chi connectivity index (χ1) is 8.08. The van der Waals surface area contributed by atoms with Crippen molar-refractivity contribution in [3.05, 3.63) is 45.1 Å². The Morgan fingerprint density at radius 3 is 2.76 bits per heavy atom. The third-order valence-electron chi connectivity index (χ3n) is 1.91. The van der Waals surface area contributed by atoms with E-state index in [0.29, 0.717) is 5.13 Å². The third-order valence-corrected chi connectivity index (χ3v) is 3.20. The van der Waals surface area contributed by atoms with Gasteiger partial charge in [-0.25, -0.2) is 9.37 Å². The van der Waals surface area contributed by atoms with Crippen LogP contribution < -0.4 is 5.32 Å². The normalized spacial score (nSPS) is 10.3. The molecule has 7 heteroatoms. The number of thiazole rings is 1. The molecular weight excluding hydrogens is 286 g/mol. The fourth-order valence-electron chi connectivity index (χ4n) is 1.15. The van der Waals surface area contributed by atoms with Gasteiger partial charge in [0.25, 0.3) is 5.91 Å². The summed E-state index contributed by atoms with van der Waals surface area (Å²) in [6.45, 7) is 0. The first-order valence-corrected chi connectivity index (χ1v) is 6.07. The average Bonchev–Trinajstić information content (AvgIpc) is 2.76. The van der Waals surface area contributed by atoms with Crippen LogP contribution in [0, 0.1) is 5.82 Å². The molecule has 1 N–H and O–H groups in total. The zero-order valence-electron chi connectivity index (χ0n) is 8.21. The van der Waals surface area contributed by atoms with Crippen molar-refractivity contribution < 1.29 is 9.18 Å². The van der Waals surface area contributed by atoms with Crippen LogP contribution in [0.5, 0.6) is 0 Å². The number of anilines is 1. The highest BCUT2D eigenvalue weighted by atomic mass is 35.5. The first kappa shape index (κ1) is 12.3. The molecule has 0 aliphatic rings. The lowest BCUT2D eigenvalue weighted by Gasteiger charge is -2.05. The molecule has 0 atom stereocenters. The van der Waals surface area contributed by atoms with Crippen LogP contribution in [0.2, 0.25) is 10.0 Å². The average molecular weight is 291 g/mol. The summed E-state index contributed by atoms with van der Waals surface area (Å²) < 4.78 is 13.2. The summed E-state index contributed by atoms with van der Waals surface area (Å²) in [6.07, 6.45) is 1.55. The van der Waals surface area contributed by atoms with Gasteiger partial charge in [-0.05, 0) is 12.1 Å². The minimum Gasteiger partial charge on any atom is -0.298 e. The molecule has 0 saturated carbocycles. The van der Waals surface area contributed by atoms with Gasteiger partial charge in [-0.15, -0.1) is 11.3 Å². The van der Waals surface area contributed by atoms with Crippen LogP contribution in [0.4, 0.5) is 9.52 Å². The van der Waals surface area contributed by atoms with Gasteiger partial charge in [-0.3, -0.25) is 10.1 Å². The Bertz CT molecular complexity index is 560. The number of amides is 1. The zero-order chi connectivity index (χ0) is 12.4. The molecule has 1 aromatic carbocycles. The molecule has 3 nitrogen and oxygen atoms in total. The van der Waals surface area contributed by atoms with Gasteiger partial charge in [0.1, 0.15) is 5.82 Å². The maximum absolute atomic E-state index is 13.2. The second-order valence-corrected chi connectivity index (χ2v) is 4.75. The van der Waals surface area contributed by atoms with Gasteiger partial charge in [-0.1, -0.05) is 23.2 Å². The summed E-state index contributed by atoms with van der Waals surface area (Å²) in [5, 5.41) is 4.59. The quantitative estimate of drug-likeness (QED) is 0.854. The summed E-state index contributed by atoms with van der Waals surface area (Å²) in [6, 6.07) is 2.18. The predicted molar refractivity (Wildman–Crippen MR) is 66.5 cm³/mol. The van der Waals surface area contributed by atoms with Crippen LogP contribution in [0.25, 0.3) is 0 Å². The molecule has 0 spiro atoms. The molecule has 0 unspecified atom stereocenters. The smallest absolute Gasteiger partial charge is 0.259 e. The molecule has 17 heavy (non-hydrogen) atoms. The van der Waals surface area contributed by atoms with E-state index in [-0.39, 0.29) is 15.6 Å². The monoisotopic (exact) mass is 290 g/mol. The molecule has 0 bridgehead atoms. The number of nitrogens with one attached hydrogen (secondary N) is 1. The van der Waals surface area contributed by atoms with Crippen molar-refractivity contribution >= 4 is 45.6 Å². The van der Waals surface area contributed by atoms with Gasteiger partial charge >= 0.3 is 0 Å². The summed E-state index contributed by atoms with van der Waals surface area (Å²) in [4.78, 5) is 15.6. The van der Waals surface area contributed by atoms with Gasteiger partial charge in [0, 0.05) is 11.6 Å². The summed E-state index contributed by atoms with van der Waals surface area (Å²) in [5.41, 5.74) is 0.0174. The minimum absolute atomic E-state index is 0.0174. The summed E-state index contributed by atoms with van der Waals surface area (Å²) >= 11 is 12.6. The van der Waals surface area contributed by atoms with Crippen molar-refractivity contribution in [2.24, 2.45) is 0 Å². The Kier molecular flexibility index (Phi) is 3.61. The fraction of sp³-hybridized carbons (Fsp3) is 0. The highest BCUT2D eigenvalue weighted by molar-refractivity contribution is 7.13. The maximum Gasteiger partial charge on any atom is 0.259 e. The van der Waals surface area contributed by atoms with E-state index in [1.54, 1.807) is 11.6 Å². The standard InChI is InChI=1S/C10H5Cl2FN2OS/c11-6-4-7(12)8(13)3-5(6)9(16)15-10-14-1-2-17-10/h1-4H,(H,14,15,16). The van der Waals surface area contributed by atoms with E-state index in [1.165, 1.54) is 17.4 Å². The molecule has 1 amide bonds. The summed E-state index contributed by atoms with van der Waals surface area (Å²) in [7, 11) is 0. The number of carbonyl (C=O) groups excluding carboxylic acids is 1. The van der Waals surface area contributed by atoms with E-state index in [9.17, 15) is 9.18 Å². The van der Waals surface area contributed by atoms with E-state index >= 15 is 0 Å². The van der Waals surface area contributed by atoms with Crippen LogP contribution in [-0.2, 0) is 0 Å². The predicted octanol–water partition coefficient (Wildman–Crippen LogP) is 3.84. The molecule has 1 heterocycles. The Labute approximate surface area is 110 Å². The Morgan fingerprint density at radius 1 is 1.35 bits per heavy atom. The number of halogens is 3. The van der Waals surface area contributed by atoms with Crippen LogP contribution >= 0.6 is 34.5 Å². The minimum atomic E-state index is -0.694. The highest BCUT2D eigenvalue weighted by Crippen LogP contribution is 2.25. The van der Waals surface area contributed by atoms with Crippen LogP contribution in [0.3, 0.4) is 0 Å². The molecule has 2 rings (SSSR count). The van der Waals surface area contributed by atoms with E-state index in [0.717, 1.165) is 6.07 Å². The number of carbonyl (C=O) groups is 1. The van der Waals surface area contributed by atoms with E-state index in [4.69, 9.17) is 23.2 Å². The second kappa shape index (κ2) is 5.00. The van der Waals surface area contributed by atoms with E-state index in [2.05, 4.69) is 10.3 Å². The molecule has 2 aromatic rings. The SMILES string of the molecule is O=C(Nc1nccs1)c1cc(F)c(Cl)cc1Cl. The van der Waals surface area contributed by atoms with Crippen molar-refractivity contribution in [1.82, 2.24) is 4.98 Å². The number of benzene rings is 1. The molecule has 0 aliphatic carbocycles.